The van der Waals surface area contributed by atoms with Gasteiger partial charge in [0.25, 0.3) is 0 Å². The summed E-state index contributed by atoms with van der Waals surface area (Å²) in [5, 5.41) is 1.30. The van der Waals surface area contributed by atoms with Gasteiger partial charge >= 0.3 is 6.18 Å². The van der Waals surface area contributed by atoms with Crippen molar-refractivity contribution in [2.75, 3.05) is 18.1 Å². The third-order valence-electron chi connectivity index (χ3n) is 6.25. The number of aromatic nitrogens is 2. The molecular formula is C27H24F3N5O3S. The SMILES string of the molecule is Cc1nc(C(F)(F)F)cn1-c1ccc(-c2cccc(S(C)=O)c2)cc1N(N)/C(=C\N)c1ccc2c(c1)OCO2. The quantitative estimate of drug-likeness (QED) is 0.255. The molecule has 39 heavy (non-hydrogen) atoms. The summed E-state index contributed by atoms with van der Waals surface area (Å²) in [6.07, 6.45) is -0.811. The molecular weight excluding hydrogens is 531 g/mol. The number of hydrogen-bond acceptors (Lipinski definition) is 7. The average molecular weight is 556 g/mol. The van der Waals surface area contributed by atoms with Crippen molar-refractivity contribution in [3.63, 3.8) is 0 Å². The first kappa shape index (κ1) is 26.3. The number of anilines is 1. The molecule has 1 unspecified atom stereocenters. The number of hydrazine groups is 1. The molecule has 0 amide bonds. The fourth-order valence-electron chi connectivity index (χ4n) is 4.31. The smallest absolute Gasteiger partial charge is 0.434 e. The van der Waals surface area contributed by atoms with Gasteiger partial charge in [-0.1, -0.05) is 18.2 Å². The van der Waals surface area contributed by atoms with E-state index in [4.69, 9.17) is 21.1 Å². The zero-order valence-corrected chi connectivity index (χ0v) is 21.7. The number of nitrogens with two attached hydrogens (primary N) is 2. The van der Waals surface area contributed by atoms with E-state index in [0.717, 1.165) is 11.8 Å². The van der Waals surface area contributed by atoms with E-state index >= 15 is 0 Å². The van der Waals surface area contributed by atoms with Crippen LogP contribution in [0, 0.1) is 6.92 Å². The van der Waals surface area contributed by atoms with E-state index in [1.165, 1.54) is 22.7 Å². The van der Waals surface area contributed by atoms with Crippen LogP contribution < -0.4 is 26.1 Å². The lowest BCUT2D eigenvalue weighted by Gasteiger charge is -2.26. The Morgan fingerprint density at radius 1 is 1.08 bits per heavy atom. The highest BCUT2D eigenvalue weighted by molar-refractivity contribution is 7.84. The molecule has 1 aromatic heterocycles. The topological polar surface area (TPSA) is 109 Å². The Bertz CT molecular complexity index is 1620. The lowest BCUT2D eigenvalue weighted by atomic mass is 10.0. The third-order valence-corrected chi connectivity index (χ3v) is 7.17. The van der Waals surface area contributed by atoms with Crippen LogP contribution >= 0.6 is 0 Å². The normalized spacial score (nSPS) is 13.9. The summed E-state index contributed by atoms with van der Waals surface area (Å²) in [5.74, 6) is 7.85. The molecule has 0 bridgehead atoms. The molecule has 8 nitrogen and oxygen atoms in total. The first-order valence-corrected chi connectivity index (χ1v) is 13.2. The molecule has 12 heteroatoms. The standard InChI is InChI=1S/C27H24F3N5O3S/c1-16-33-26(27(28,29)30)14-34(16)21-8-6-18(17-4-3-5-20(10-17)39(2)36)11-22(21)35(32)23(13-31)19-7-9-24-25(12-19)38-15-37-24/h3-14H,15,31-32H2,1-2H3/b23-13-. The molecule has 0 fully saturated rings. The number of halogens is 3. The summed E-state index contributed by atoms with van der Waals surface area (Å²) in [5.41, 5.74) is 8.10. The molecule has 5 rings (SSSR count). The Morgan fingerprint density at radius 2 is 1.82 bits per heavy atom. The number of benzene rings is 3. The van der Waals surface area contributed by atoms with Crippen LogP contribution in [0.4, 0.5) is 18.9 Å². The monoisotopic (exact) mass is 555 g/mol. The van der Waals surface area contributed by atoms with Crippen molar-refractivity contribution in [3.8, 4) is 28.3 Å². The highest BCUT2D eigenvalue weighted by atomic mass is 32.2. The number of aryl methyl sites for hydroxylation is 1. The van der Waals surface area contributed by atoms with Crippen molar-refractivity contribution >= 4 is 22.2 Å². The second-order valence-corrected chi connectivity index (χ2v) is 10.1. The van der Waals surface area contributed by atoms with Crippen LogP contribution in [-0.2, 0) is 17.0 Å². The maximum absolute atomic E-state index is 13.5. The second kappa shape index (κ2) is 10.1. The number of ether oxygens (including phenoxy) is 2. The molecule has 0 aliphatic carbocycles. The van der Waals surface area contributed by atoms with Gasteiger partial charge in [0.15, 0.2) is 17.2 Å². The summed E-state index contributed by atoms with van der Waals surface area (Å²) in [6, 6.07) is 17.5. The van der Waals surface area contributed by atoms with E-state index in [-0.39, 0.29) is 12.6 Å². The van der Waals surface area contributed by atoms with E-state index in [2.05, 4.69) is 4.98 Å². The molecule has 0 spiro atoms. The molecule has 0 saturated carbocycles. The molecule has 1 atom stereocenters. The number of fused-ring (bicyclic) bond motifs is 1. The largest absolute Gasteiger partial charge is 0.454 e. The molecule has 4 N–H and O–H groups in total. The highest BCUT2D eigenvalue weighted by Crippen LogP contribution is 2.38. The lowest BCUT2D eigenvalue weighted by molar-refractivity contribution is -0.141. The van der Waals surface area contributed by atoms with Crippen molar-refractivity contribution in [1.29, 1.82) is 0 Å². The van der Waals surface area contributed by atoms with Gasteiger partial charge < -0.3 is 19.8 Å². The zero-order chi connectivity index (χ0) is 27.9. The number of alkyl halides is 3. The van der Waals surface area contributed by atoms with E-state index in [1.807, 2.05) is 6.07 Å². The van der Waals surface area contributed by atoms with E-state index in [1.54, 1.807) is 60.9 Å². The predicted molar refractivity (Wildman–Crippen MR) is 142 cm³/mol. The van der Waals surface area contributed by atoms with E-state index in [0.29, 0.717) is 44.6 Å². The van der Waals surface area contributed by atoms with E-state index < -0.39 is 22.7 Å². The summed E-state index contributed by atoms with van der Waals surface area (Å²) < 4.78 is 64.7. The first-order chi connectivity index (χ1) is 18.6. The van der Waals surface area contributed by atoms with Crippen LogP contribution in [0.1, 0.15) is 17.1 Å². The minimum absolute atomic E-state index is 0.0854. The minimum Gasteiger partial charge on any atom is -0.454 e. The van der Waals surface area contributed by atoms with Gasteiger partial charge in [-0.2, -0.15) is 13.2 Å². The van der Waals surface area contributed by atoms with Crippen molar-refractivity contribution in [2.24, 2.45) is 11.6 Å². The van der Waals surface area contributed by atoms with Crippen LogP contribution in [0.3, 0.4) is 0 Å². The van der Waals surface area contributed by atoms with Gasteiger partial charge in [-0.25, -0.2) is 10.8 Å². The molecule has 0 radical (unpaired) electrons. The molecule has 1 aliphatic rings. The molecule has 0 saturated heterocycles. The summed E-state index contributed by atoms with van der Waals surface area (Å²) in [4.78, 5) is 4.34. The van der Waals surface area contributed by atoms with Crippen LogP contribution in [0.2, 0.25) is 0 Å². The van der Waals surface area contributed by atoms with Gasteiger partial charge in [-0.05, 0) is 60.5 Å². The summed E-state index contributed by atoms with van der Waals surface area (Å²) >= 11 is 0. The Morgan fingerprint density at radius 3 is 2.51 bits per heavy atom. The fraction of sp³-hybridized carbons (Fsp3) is 0.148. The number of rotatable bonds is 6. The van der Waals surface area contributed by atoms with E-state index in [9.17, 15) is 17.4 Å². The average Bonchev–Trinajstić information content (AvgIpc) is 3.55. The number of hydrogen-bond donors (Lipinski definition) is 2. The molecule has 1 aliphatic heterocycles. The Hall–Kier alpha value is -4.29. The molecule has 2 heterocycles. The predicted octanol–water partition coefficient (Wildman–Crippen LogP) is 4.97. The summed E-state index contributed by atoms with van der Waals surface area (Å²) in [6.45, 7) is 1.56. The highest BCUT2D eigenvalue weighted by Gasteiger charge is 2.35. The molecule has 3 aromatic carbocycles. The van der Waals surface area contributed by atoms with Crippen molar-refractivity contribution in [3.05, 3.63) is 90.1 Å². The Labute approximate surface area is 224 Å². The van der Waals surface area contributed by atoms with Gasteiger partial charge in [0, 0.05) is 39.9 Å². The number of nitrogens with zero attached hydrogens (tertiary/aromatic N) is 3. The van der Waals surface area contributed by atoms with Gasteiger partial charge in [-0.15, -0.1) is 0 Å². The molecule has 4 aromatic rings. The minimum atomic E-state index is -4.62. The van der Waals surface area contributed by atoms with Gasteiger partial charge in [0.05, 0.1) is 17.1 Å². The third kappa shape index (κ3) is 5.08. The van der Waals surface area contributed by atoms with Crippen LogP contribution in [0.15, 0.2) is 78.0 Å². The maximum atomic E-state index is 13.5. The van der Waals surface area contributed by atoms with Crippen LogP contribution in [0.5, 0.6) is 11.5 Å². The Kier molecular flexibility index (Phi) is 6.83. The summed E-state index contributed by atoms with van der Waals surface area (Å²) in [7, 11) is -1.21. The lowest BCUT2D eigenvalue weighted by Crippen LogP contribution is -2.31. The van der Waals surface area contributed by atoms with Gasteiger partial charge in [-0.3, -0.25) is 9.22 Å². The van der Waals surface area contributed by atoms with Crippen molar-refractivity contribution in [2.45, 2.75) is 18.0 Å². The van der Waals surface area contributed by atoms with Gasteiger partial charge in [0.2, 0.25) is 6.79 Å². The van der Waals surface area contributed by atoms with Crippen molar-refractivity contribution < 1.29 is 26.9 Å². The molecule has 202 valence electrons. The van der Waals surface area contributed by atoms with Crippen LogP contribution in [-0.4, -0.2) is 26.8 Å². The number of imidazole rings is 1. The van der Waals surface area contributed by atoms with Crippen molar-refractivity contribution in [1.82, 2.24) is 9.55 Å². The first-order valence-electron chi connectivity index (χ1n) is 11.6. The second-order valence-electron chi connectivity index (χ2n) is 8.72. The van der Waals surface area contributed by atoms with Gasteiger partial charge in [0.1, 0.15) is 5.82 Å². The fourth-order valence-corrected chi connectivity index (χ4v) is 4.87. The van der Waals surface area contributed by atoms with Crippen LogP contribution in [0.25, 0.3) is 22.5 Å². The Balaban J connectivity index is 1.67. The maximum Gasteiger partial charge on any atom is 0.434 e. The zero-order valence-electron chi connectivity index (χ0n) is 20.9.